The summed E-state index contributed by atoms with van der Waals surface area (Å²) >= 11 is 3.68. The Morgan fingerprint density at radius 2 is 2.06 bits per heavy atom. The molecule has 1 aromatic rings. The molecule has 1 N–H and O–H groups in total. The van der Waals surface area contributed by atoms with Crippen LogP contribution in [-0.4, -0.2) is 13.1 Å². The number of nitrogens with one attached hydrogen (secondary N) is 1. The summed E-state index contributed by atoms with van der Waals surface area (Å²) in [6.07, 6.45) is 5.22. The van der Waals surface area contributed by atoms with Crippen LogP contribution in [0.2, 0.25) is 0 Å². The van der Waals surface area contributed by atoms with Crippen molar-refractivity contribution >= 4 is 15.9 Å². The second-order valence-electron chi connectivity index (χ2n) is 5.87. The summed E-state index contributed by atoms with van der Waals surface area (Å²) < 4.78 is 1.26. The summed E-state index contributed by atoms with van der Waals surface area (Å²) in [6, 6.07) is 8.65. The van der Waals surface area contributed by atoms with Crippen molar-refractivity contribution in [1.29, 1.82) is 0 Å². The molecule has 1 aliphatic rings. The number of hydrogen-bond acceptors (Lipinski definition) is 1. The van der Waals surface area contributed by atoms with Gasteiger partial charge in [0.25, 0.3) is 0 Å². The molecule has 0 aliphatic heterocycles. The molecule has 0 heterocycles. The van der Waals surface area contributed by atoms with Crippen molar-refractivity contribution < 1.29 is 0 Å². The van der Waals surface area contributed by atoms with Gasteiger partial charge in [0.15, 0.2) is 0 Å². The smallest absolute Gasteiger partial charge is 0.0207 e. The minimum atomic E-state index is 0.416. The molecule has 1 nitrogen and oxygen atoms in total. The average molecular weight is 310 g/mol. The van der Waals surface area contributed by atoms with E-state index in [1.165, 1.54) is 35.7 Å². The minimum Gasteiger partial charge on any atom is -0.316 e. The molecule has 1 aliphatic carbocycles. The molecule has 0 bridgehead atoms. The Labute approximate surface area is 119 Å². The molecule has 2 rings (SSSR count). The molecule has 1 atom stereocenters. The second kappa shape index (κ2) is 6.21. The first kappa shape index (κ1) is 14.1. The molecule has 18 heavy (non-hydrogen) atoms. The lowest BCUT2D eigenvalue weighted by molar-refractivity contribution is 0.256. The molecule has 1 aromatic carbocycles. The van der Waals surface area contributed by atoms with Crippen LogP contribution in [0.25, 0.3) is 0 Å². The summed E-state index contributed by atoms with van der Waals surface area (Å²) in [5, 5.41) is 3.62. The lowest BCUT2D eigenvalue weighted by Crippen LogP contribution is -2.36. The van der Waals surface area contributed by atoms with Crippen molar-refractivity contribution in [2.45, 2.75) is 39.5 Å². The zero-order valence-corrected chi connectivity index (χ0v) is 13.1. The van der Waals surface area contributed by atoms with E-state index in [0.29, 0.717) is 5.41 Å². The van der Waals surface area contributed by atoms with Crippen molar-refractivity contribution in [2.24, 2.45) is 11.3 Å². The van der Waals surface area contributed by atoms with Crippen LogP contribution in [0.15, 0.2) is 28.7 Å². The molecular formula is C16H24BrN. The third-order valence-corrected chi connectivity index (χ3v) is 4.84. The van der Waals surface area contributed by atoms with Crippen LogP contribution in [0.5, 0.6) is 0 Å². The van der Waals surface area contributed by atoms with E-state index < -0.39 is 0 Å². The molecule has 1 saturated carbocycles. The molecule has 2 heteroatoms. The summed E-state index contributed by atoms with van der Waals surface area (Å²) in [7, 11) is 0. The van der Waals surface area contributed by atoms with Gasteiger partial charge in [0, 0.05) is 11.0 Å². The zero-order valence-electron chi connectivity index (χ0n) is 11.5. The third-order valence-electron chi connectivity index (χ3n) is 4.07. The van der Waals surface area contributed by atoms with E-state index in [0.717, 1.165) is 19.0 Å². The Bertz CT molecular complexity index is 386. The third kappa shape index (κ3) is 3.58. The zero-order chi connectivity index (χ0) is 13.0. The van der Waals surface area contributed by atoms with E-state index in [9.17, 15) is 0 Å². The standard InChI is InChI=1S/C16H24BrN/c1-3-10-18-12-16(2,14-8-9-14)11-13-6-4-5-7-15(13)17/h4-7,14,18H,3,8-12H2,1-2H3. The van der Waals surface area contributed by atoms with Crippen LogP contribution >= 0.6 is 15.9 Å². The molecule has 1 fully saturated rings. The van der Waals surface area contributed by atoms with Crippen LogP contribution in [0.3, 0.4) is 0 Å². The van der Waals surface area contributed by atoms with Crippen molar-refractivity contribution in [3.05, 3.63) is 34.3 Å². The molecule has 0 spiro atoms. The summed E-state index contributed by atoms with van der Waals surface area (Å²) in [5.74, 6) is 0.911. The summed E-state index contributed by atoms with van der Waals surface area (Å²) in [6.45, 7) is 6.97. The Kier molecular flexibility index (Phi) is 4.85. The summed E-state index contributed by atoms with van der Waals surface area (Å²) in [4.78, 5) is 0. The Hall–Kier alpha value is -0.340. The van der Waals surface area contributed by atoms with Crippen molar-refractivity contribution in [3.63, 3.8) is 0 Å². The van der Waals surface area contributed by atoms with Crippen molar-refractivity contribution in [2.75, 3.05) is 13.1 Å². The fourth-order valence-corrected chi connectivity index (χ4v) is 3.18. The largest absolute Gasteiger partial charge is 0.316 e. The minimum absolute atomic E-state index is 0.416. The van der Waals surface area contributed by atoms with Gasteiger partial charge in [0.05, 0.1) is 0 Å². The van der Waals surface area contributed by atoms with Gasteiger partial charge < -0.3 is 5.32 Å². The van der Waals surface area contributed by atoms with Gasteiger partial charge in [0.1, 0.15) is 0 Å². The monoisotopic (exact) mass is 309 g/mol. The van der Waals surface area contributed by atoms with E-state index in [1.54, 1.807) is 0 Å². The highest BCUT2D eigenvalue weighted by Crippen LogP contribution is 2.47. The number of rotatable bonds is 7. The van der Waals surface area contributed by atoms with Gasteiger partial charge in [-0.05, 0) is 55.2 Å². The fraction of sp³-hybridized carbons (Fsp3) is 0.625. The first-order chi connectivity index (χ1) is 8.65. The van der Waals surface area contributed by atoms with Gasteiger partial charge in [-0.25, -0.2) is 0 Å². The van der Waals surface area contributed by atoms with Crippen LogP contribution in [0.1, 0.15) is 38.7 Å². The van der Waals surface area contributed by atoms with Gasteiger partial charge in [-0.1, -0.05) is 48.0 Å². The lowest BCUT2D eigenvalue weighted by Gasteiger charge is -2.31. The van der Waals surface area contributed by atoms with Crippen molar-refractivity contribution in [3.8, 4) is 0 Å². The molecule has 0 radical (unpaired) electrons. The molecule has 1 unspecified atom stereocenters. The predicted molar refractivity (Wildman–Crippen MR) is 81.8 cm³/mol. The first-order valence-corrected chi connectivity index (χ1v) is 7.89. The quantitative estimate of drug-likeness (QED) is 0.736. The van der Waals surface area contributed by atoms with Gasteiger partial charge in [-0.3, -0.25) is 0 Å². The van der Waals surface area contributed by atoms with Crippen molar-refractivity contribution in [1.82, 2.24) is 5.32 Å². The maximum atomic E-state index is 3.68. The number of hydrogen-bond donors (Lipinski definition) is 1. The number of benzene rings is 1. The molecule has 100 valence electrons. The van der Waals surface area contributed by atoms with Crippen LogP contribution in [-0.2, 0) is 6.42 Å². The highest BCUT2D eigenvalue weighted by Gasteiger charge is 2.41. The van der Waals surface area contributed by atoms with Gasteiger partial charge in [-0.15, -0.1) is 0 Å². The van der Waals surface area contributed by atoms with Gasteiger partial charge in [0.2, 0.25) is 0 Å². The van der Waals surface area contributed by atoms with Gasteiger partial charge in [-0.2, -0.15) is 0 Å². The lowest BCUT2D eigenvalue weighted by atomic mass is 9.79. The van der Waals surface area contributed by atoms with Gasteiger partial charge >= 0.3 is 0 Å². The van der Waals surface area contributed by atoms with E-state index >= 15 is 0 Å². The van der Waals surface area contributed by atoms with E-state index in [1.807, 2.05) is 0 Å². The van der Waals surface area contributed by atoms with E-state index in [-0.39, 0.29) is 0 Å². The molecular weight excluding hydrogens is 286 g/mol. The SMILES string of the molecule is CCCNCC(C)(Cc1ccccc1Br)C1CC1. The maximum Gasteiger partial charge on any atom is 0.0207 e. The highest BCUT2D eigenvalue weighted by molar-refractivity contribution is 9.10. The molecule has 0 amide bonds. The first-order valence-electron chi connectivity index (χ1n) is 7.10. The predicted octanol–water partition coefficient (Wildman–Crippen LogP) is 4.41. The highest BCUT2D eigenvalue weighted by atomic mass is 79.9. The fourth-order valence-electron chi connectivity index (χ4n) is 2.76. The van der Waals surface area contributed by atoms with Crippen LogP contribution in [0, 0.1) is 11.3 Å². The second-order valence-corrected chi connectivity index (χ2v) is 6.73. The number of halogens is 1. The summed E-state index contributed by atoms with van der Waals surface area (Å²) in [5.41, 5.74) is 1.86. The Morgan fingerprint density at radius 3 is 2.67 bits per heavy atom. The Balaban J connectivity index is 2.03. The van der Waals surface area contributed by atoms with E-state index in [4.69, 9.17) is 0 Å². The topological polar surface area (TPSA) is 12.0 Å². The normalized spacial score (nSPS) is 18.6. The van der Waals surface area contributed by atoms with E-state index in [2.05, 4.69) is 59.4 Å². The Morgan fingerprint density at radius 1 is 1.33 bits per heavy atom. The molecule has 0 aromatic heterocycles. The van der Waals surface area contributed by atoms with Crippen LogP contribution < -0.4 is 5.32 Å². The average Bonchev–Trinajstić information content (AvgIpc) is 3.17. The molecule has 0 saturated heterocycles. The van der Waals surface area contributed by atoms with Crippen LogP contribution in [0.4, 0.5) is 0 Å². The maximum absolute atomic E-state index is 3.68.